The fraction of sp³-hybridized carbons (Fsp3) is 0.467. The Morgan fingerprint density at radius 2 is 2.15 bits per heavy atom. The Labute approximate surface area is 120 Å². The van der Waals surface area contributed by atoms with Crippen LogP contribution in [-0.4, -0.2) is 51.2 Å². The highest BCUT2D eigenvalue weighted by atomic mass is 16.5. The number of amides is 1. The van der Waals surface area contributed by atoms with Gasteiger partial charge in [0.2, 0.25) is 5.91 Å². The summed E-state index contributed by atoms with van der Waals surface area (Å²) in [6.45, 7) is 1.80. The van der Waals surface area contributed by atoms with Crippen LogP contribution in [0.15, 0.2) is 30.3 Å². The largest absolute Gasteiger partial charge is 0.383 e. The van der Waals surface area contributed by atoms with Crippen molar-refractivity contribution in [2.45, 2.75) is 5.92 Å². The van der Waals surface area contributed by atoms with Gasteiger partial charge in [0, 0.05) is 20.2 Å². The molecule has 1 unspecified atom stereocenters. The summed E-state index contributed by atoms with van der Waals surface area (Å²) in [6.07, 6.45) is 0. The van der Waals surface area contributed by atoms with Crippen molar-refractivity contribution < 1.29 is 9.53 Å². The first-order valence-corrected chi connectivity index (χ1v) is 6.56. The maximum Gasteiger partial charge on any atom is 0.234 e. The Kier molecular flexibility index (Phi) is 7.33. The van der Waals surface area contributed by atoms with Gasteiger partial charge in [-0.15, -0.1) is 0 Å². The molecule has 1 aromatic carbocycles. The summed E-state index contributed by atoms with van der Waals surface area (Å²) in [7, 11) is 3.43. The minimum atomic E-state index is -0.229. The van der Waals surface area contributed by atoms with Crippen LogP contribution >= 0.6 is 0 Å². The third-order valence-corrected chi connectivity index (χ3v) is 2.89. The first kappa shape index (κ1) is 16.2. The molecule has 0 saturated carbocycles. The number of benzene rings is 1. The number of methoxy groups -OCH3 is 1. The third-order valence-electron chi connectivity index (χ3n) is 2.89. The van der Waals surface area contributed by atoms with Crippen molar-refractivity contribution in [2.75, 3.05) is 40.4 Å². The SMILES string of the molecule is COCCNC(=O)CN(C)CC(C#N)c1ccccc1. The van der Waals surface area contributed by atoms with Crippen LogP contribution in [0.5, 0.6) is 0 Å². The summed E-state index contributed by atoms with van der Waals surface area (Å²) in [4.78, 5) is 13.5. The molecule has 1 amide bonds. The van der Waals surface area contributed by atoms with Crippen molar-refractivity contribution in [1.29, 1.82) is 5.26 Å². The van der Waals surface area contributed by atoms with E-state index in [4.69, 9.17) is 4.74 Å². The number of ether oxygens (including phenoxy) is 1. The lowest BCUT2D eigenvalue weighted by molar-refractivity contribution is -0.122. The van der Waals surface area contributed by atoms with Crippen molar-refractivity contribution in [3.63, 3.8) is 0 Å². The zero-order chi connectivity index (χ0) is 14.8. The van der Waals surface area contributed by atoms with Crippen LogP contribution in [0.4, 0.5) is 0 Å². The Balaban J connectivity index is 2.42. The fourth-order valence-electron chi connectivity index (χ4n) is 1.88. The number of likely N-dealkylation sites (N-methyl/N-ethyl adjacent to an activating group) is 1. The van der Waals surface area contributed by atoms with E-state index in [1.807, 2.05) is 42.3 Å². The van der Waals surface area contributed by atoms with Gasteiger partial charge < -0.3 is 10.1 Å². The van der Waals surface area contributed by atoms with Gasteiger partial charge >= 0.3 is 0 Å². The molecule has 0 bridgehead atoms. The Hall–Kier alpha value is -1.90. The maximum absolute atomic E-state index is 11.6. The van der Waals surface area contributed by atoms with Crippen molar-refractivity contribution in [3.8, 4) is 6.07 Å². The van der Waals surface area contributed by atoms with E-state index >= 15 is 0 Å². The molecule has 1 N–H and O–H groups in total. The summed E-state index contributed by atoms with van der Waals surface area (Å²) in [5.41, 5.74) is 0.974. The first-order valence-electron chi connectivity index (χ1n) is 6.56. The standard InChI is InChI=1S/C15H21N3O2/c1-18(12-15(19)17-8-9-20-2)11-14(10-16)13-6-4-3-5-7-13/h3-7,14H,8-9,11-12H2,1-2H3,(H,17,19). The summed E-state index contributed by atoms with van der Waals surface area (Å²) < 4.78 is 4.87. The van der Waals surface area contributed by atoms with Crippen LogP contribution in [0.3, 0.4) is 0 Å². The molecule has 1 atom stereocenters. The van der Waals surface area contributed by atoms with E-state index in [2.05, 4.69) is 11.4 Å². The molecule has 1 aromatic rings. The molecule has 20 heavy (non-hydrogen) atoms. The molecule has 5 heteroatoms. The molecule has 0 fully saturated rings. The highest BCUT2D eigenvalue weighted by molar-refractivity contribution is 5.77. The van der Waals surface area contributed by atoms with Crippen LogP contribution in [-0.2, 0) is 9.53 Å². The number of hydrogen-bond donors (Lipinski definition) is 1. The number of hydrogen-bond acceptors (Lipinski definition) is 4. The van der Waals surface area contributed by atoms with E-state index in [0.29, 0.717) is 19.7 Å². The van der Waals surface area contributed by atoms with E-state index in [1.54, 1.807) is 7.11 Å². The fourth-order valence-corrected chi connectivity index (χ4v) is 1.88. The smallest absolute Gasteiger partial charge is 0.234 e. The second-order valence-electron chi connectivity index (χ2n) is 4.63. The monoisotopic (exact) mass is 275 g/mol. The maximum atomic E-state index is 11.6. The van der Waals surface area contributed by atoms with Gasteiger partial charge in [0.15, 0.2) is 0 Å². The molecular formula is C15H21N3O2. The predicted octanol–water partition coefficient (Wildman–Crippen LogP) is 0.988. The highest BCUT2D eigenvalue weighted by Crippen LogP contribution is 2.15. The second-order valence-corrected chi connectivity index (χ2v) is 4.63. The topological polar surface area (TPSA) is 65.4 Å². The van der Waals surface area contributed by atoms with E-state index in [0.717, 1.165) is 5.56 Å². The third kappa shape index (κ3) is 5.83. The Bertz CT molecular complexity index is 442. The van der Waals surface area contributed by atoms with Gasteiger partial charge in [0.1, 0.15) is 0 Å². The molecule has 0 spiro atoms. The van der Waals surface area contributed by atoms with E-state index in [1.165, 1.54) is 0 Å². The zero-order valence-electron chi connectivity index (χ0n) is 12.0. The molecular weight excluding hydrogens is 254 g/mol. The van der Waals surface area contributed by atoms with Crippen LogP contribution in [0.2, 0.25) is 0 Å². The van der Waals surface area contributed by atoms with Gasteiger partial charge in [-0.05, 0) is 12.6 Å². The van der Waals surface area contributed by atoms with E-state index in [-0.39, 0.29) is 18.4 Å². The molecule has 0 saturated heterocycles. The minimum absolute atomic E-state index is 0.0608. The average Bonchev–Trinajstić information content (AvgIpc) is 2.46. The molecule has 0 aliphatic carbocycles. The van der Waals surface area contributed by atoms with Crippen molar-refractivity contribution in [2.24, 2.45) is 0 Å². The van der Waals surface area contributed by atoms with E-state index in [9.17, 15) is 10.1 Å². The van der Waals surface area contributed by atoms with Crippen LogP contribution in [0.25, 0.3) is 0 Å². The highest BCUT2D eigenvalue weighted by Gasteiger charge is 2.14. The molecule has 0 aliphatic rings. The summed E-state index contributed by atoms with van der Waals surface area (Å²) in [6, 6.07) is 11.9. The summed E-state index contributed by atoms with van der Waals surface area (Å²) in [5.74, 6) is -0.290. The number of rotatable bonds is 8. The molecule has 0 aromatic heterocycles. The number of carbonyl (C=O) groups is 1. The minimum Gasteiger partial charge on any atom is -0.383 e. The molecule has 0 radical (unpaired) electrons. The quantitative estimate of drug-likeness (QED) is 0.719. The molecule has 0 aliphatic heterocycles. The van der Waals surface area contributed by atoms with Gasteiger partial charge in [-0.1, -0.05) is 30.3 Å². The van der Waals surface area contributed by atoms with Gasteiger partial charge in [-0.2, -0.15) is 5.26 Å². The molecule has 5 nitrogen and oxygen atoms in total. The number of nitrogens with zero attached hydrogens (tertiary/aromatic N) is 2. The number of nitrogens with one attached hydrogen (secondary N) is 1. The van der Waals surface area contributed by atoms with Crippen LogP contribution < -0.4 is 5.32 Å². The first-order chi connectivity index (χ1) is 9.67. The normalized spacial score (nSPS) is 11.9. The van der Waals surface area contributed by atoms with Crippen molar-refractivity contribution in [1.82, 2.24) is 10.2 Å². The molecule has 108 valence electrons. The van der Waals surface area contributed by atoms with Gasteiger partial charge in [-0.3, -0.25) is 9.69 Å². The number of nitriles is 1. The summed E-state index contributed by atoms with van der Waals surface area (Å²) in [5, 5.41) is 12.0. The second kappa shape index (κ2) is 9.08. The Morgan fingerprint density at radius 1 is 1.45 bits per heavy atom. The van der Waals surface area contributed by atoms with Crippen LogP contribution in [0, 0.1) is 11.3 Å². The zero-order valence-corrected chi connectivity index (χ0v) is 12.0. The van der Waals surface area contributed by atoms with Gasteiger partial charge in [0.05, 0.1) is 25.1 Å². The molecule has 1 rings (SSSR count). The Morgan fingerprint density at radius 3 is 2.75 bits per heavy atom. The van der Waals surface area contributed by atoms with Crippen molar-refractivity contribution >= 4 is 5.91 Å². The van der Waals surface area contributed by atoms with Gasteiger partial charge in [0.25, 0.3) is 0 Å². The average molecular weight is 275 g/mol. The van der Waals surface area contributed by atoms with Crippen LogP contribution in [0.1, 0.15) is 11.5 Å². The molecule has 0 heterocycles. The predicted molar refractivity (Wildman–Crippen MR) is 77.2 cm³/mol. The number of carbonyl (C=O) groups excluding carboxylic acids is 1. The lowest BCUT2D eigenvalue weighted by Gasteiger charge is -2.19. The van der Waals surface area contributed by atoms with Crippen molar-refractivity contribution in [3.05, 3.63) is 35.9 Å². The summed E-state index contributed by atoms with van der Waals surface area (Å²) >= 11 is 0. The van der Waals surface area contributed by atoms with E-state index < -0.39 is 0 Å². The lowest BCUT2D eigenvalue weighted by Crippen LogP contribution is -2.38. The van der Waals surface area contributed by atoms with Gasteiger partial charge in [-0.25, -0.2) is 0 Å². The lowest BCUT2D eigenvalue weighted by atomic mass is 10.0.